The van der Waals surface area contributed by atoms with Crippen LogP contribution < -0.4 is 5.32 Å². The zero-order valence-corrected chi connectivity index (χ0v) is 10.9. The van der Waals surface area contributed by atoms with Crippen molar-refractivity contribution in [2.24, 2.45) is 0 Å². The van der Waals surface area contributed by atoms with Crippen LogP contribution in [0.2, 0.25) is 0 Å². The molecule has 3 rings (SSSR count). The third-order valence-electron chi connectivity index (χ3n) is 3.27. The van der Waals surface area contributed by atoms with Crippen molar-refractivity contribution in [1.82, 2.24) is 19.9 Å². The van der Waals surface area contributed by atoms with E-state index in [0.717, 1.165) is 18.6 Å². The lowest BCUT2D eigenvalue weighted by Crippen LogP contribution is -2.13. The minimum Gasteiger partial charge on any atom is -0.308 e. The van der Waals surface area contributed by atoms with Gasteiger partial charge in [-0.1, -0.05) is 6.07 Å². The van der Waals surface area contributed by atoms with Crippen LogP contribution in [0.4, 0.5) is 0 Å². The van der Waals surface area contributed by atoms with Gasteiger partial charge in [0, 0.05) is 37.2 Å². The first-order valence-electron chi connectivity index (χ1n) is 6.36. The summed E-state index contributed by atoms with van der Waals surface area (Å²) in [6.45, 7) is 3.74. The van der Waals surface area contributed by atoms with Crippen molar-refractivity contribution < 1.29 is 0 Å². The van der Waals surface area contributed by atoms with E-state index in [1.807, 2.05) is 41.4 Å². The predicted molar refractivity (Wildman–Crippen MR) is 74.7 cm³/mol. The number of pyridine rings is 2. The Bertz CT molecular complexity index is 687. The molecule has 0 spiro atoms. The van der Waals surface area contributed by atoms with Crippen LogP contribution in [0, 0.1) is 6.92 Å². The van der Waals surface area contributed by atoms with Crippen LogP contribution in [0.5, 0.6) is 0 Å². The summed E-state index contributed by atoms with van der Waals surface area (Å²) in [5.41, 5.74) is 4.87. The van der Waals surface area contributed by atoms with Gasteiger partial charge in [-0.3, -0.25) is 4.98 Å². The van der Waals surface area contributed by atoms with Crippen LogP contribution >= 0.6 is 0 Å². The van der Waals surface area contributed by atoms with E-state index in [4.69, 9.17) is 0 Å². The Hall–Kier alpha value is -2.20. The van der Waals surface area contributed by atoms with Crippen LogP contribution in [-0.2, 0) is 13.1 Å². The van der Waals surface area contributed by atoms with E-state index in [-0.39, 0.29) is 0 Å². The average molecular weight is 252 g/mol. The summed E-state index contributed by atoms with van der Waals surface area (Å²) in [5, 5.41) is 7.78. The van der Waals surface area contributed by atoms with Crippen molar-refractivity contribution in [2.75, 3.05) is 0 Å². The minimum absolute atomic E-state index is 0.815. The van der Waals surface area contributed by atoms with Crippen molar-refractivity contribution >= 4 is 5.52 Å². The molecule has 0 radical (unpaired) electrons. The van der Waals surface area contributed by atoms with Gasteiger partial charge in [-0.2, -0.15) is 5.10 Å². The molecule has 0 amide bonds. The first-order chi connectivity index (χ1) is 9.34. The maximum atomic E-state index is 4.33. The van der Waals surface area contributed by atoms with Crippen LogP contribution in [0.1, 0.15) is 16.7 Å². The fraction of sp³-hybridized carbons (Fsp3) is 0.200. The van der Waals surface area contributed by atoms with Gasteiger partial charge in [-0.25, -0.2) is 4.52 Å². The molecule has 0 aliphatic heterocycles. The molecular weight excluding hydrogens is 236 g/mol. The Morgan fingerprint density at radius 3 is 2.89 bits per heavy atom. The highest BCUT2D eigenvalue weighted by Crippen LogP contribution is 2.10. The second-order valence-electron chi connectivity index (χ2n) is 4.61. The van der Waals surface area contributed by atoms with Crippen molar-refractivity contribution in [3.05, 3.63) is 65.7 Å². The summed E-state index contributed by atoms with van der Waals surface area (Å²) < 4.78 is 1.90. The normalized spacial score (nSPS) is 11.0. The summed E-state index contributed by atoms with van der Waals surface area (Å²) in [5.74, 6) is 0. The molecule has 3 heterocycles. The number of fused-ring (bicyclic) bond motifs is 1. The Balaban J connectivity index is 1.68. The topological polar surface area (TPSA) is 42.2 Å². The van der Waals surface area contributed by atoms with Gasteiger partial charge in [-0.15, -0.1) is 0 Å². The van der Waals surface area contributed by atoms with Crippen molar-refractivity contribution in [3.63, 3.8) is 0 Å². The van der Waals surface area contributed by atoms with Gasteiger partial charge in [0.05, 0.1) is 11.7 Å². The largest absolute Gasteiger partial charge is 0.308 e. The van der Waals surface area contributed by atoms with Gasteiger partial charge < -0.3 is 5.32 Å². The average Bonchev–Trinajstić information content (AvgIpc) is 2.85. The summed E-state index contributed by atoms with van der Waals surface area (Å²) in [4.78, 5) is 4.10. The molecule has 0 atom stereocenters. The van der Waals surface area contributed by atoms with Crippen LogP contribution in [-0.4, -0.2) is 14.6 Å². The fourth-order valence-corrected chi connectivity index (χ4v) is 2.16. The third kappa shape index (κ3) is 2.48. The number of hydrogen-bond acceptors (Lipinski definition) is 3. The molecule has 19 heavy (non-hydrogen) atoms. The van der Waals surface area contributed by atoms with E-state index in [2.05, 4.69) is 34.5 Å². The summed E-state index contributed by atoms with van der Waals surface area (Å²) in [6, 6.07) is 8.16. The molecule has 4 heteroatoms. The first-order valence-corrected chi connectivity index (χ1v) is 6.36. The van der Waals surface area contributed by atoms with Crippen molar-refractivity contribution in [1.29, 1.82) is 0 Å². The lowest BCUT2D eigenvalue weighted by Gasteiger charge is -2.06. The van der Waals surface area contributed by atoms with E-state index in [0.29, 0.717) is 0 Å². The molecule has 3 aromatic rings. The van der Waals surface area contributed by atoms with E-state index in [9.17, 15) is 0 Å². The lowest BCUT2D eigenvalue weighted by atomic mass is 10.1. The third-order valence-corrected chi connectivity index (χ3v) is 3.27. The fourth-order valence-electron chi connectivity index (χ4n) is 2.16. The number of hydrogen-bond donors (Lipinski definition) is 1. The number of nitrogens with zero attached hydrogens (tertiary/aromatic N) is 3. The van der Waals surface area contributed by atoms with E-state index in [1.165, 1.54) is 16.7 Å². The summed E-state index contributed by atoms with van der Waals surface area (Å²) in [7, 11) is 0. The van der Waals surface area contributed by atoms with Crippen LogP contribution in [0.3, 0.4) is 0 Å². The SMILES string of the molecule is Cc1cnccc1CNCc1cnn2ccccc12. The highest BCUT2D eigenvalue weighted by molar-refractivity contribution is 5.53. The van der Waals surface area contributed by atoms with E-state index >= 15 is 0 Å². The molecular formula is C15H16N4. The highest BCUT2D eigenvalue weighted by Gasteiger charge is 2.03. The maximum Gasteiger partial charge on any atom is 0.0706 e. The molecule has 0 saturated heterocycles. The van der Waals surface area contributed by atoms with Gasteiger partial charge in [-0.05, 0) is 36.2 Å². The van der Waals surface area contributed by atoms with Crippen molar-refractivity contribution in [3.8, 4) is 0 Å². The van der Waals surface area contributed by atoms with Crippen LogP contribution in [0.15, 0.2) is 49.1 Å². The van der Waals surface area contributed by atoms with Gasteiger partial charge in [0.25, 0.3) is 0 Å². The predicted octanol–water partition coefficient (Wildman–Crippen LogP) is 2.33. The van der Waals surface area contributed by atoms with Gasteiger partial charge in [0.1, 0.15) is 0 Å². The molecule has 0 bridgehead atoms. The standard InChI is InChI=1S/C15H16N4/c1-12-8-16-6-5-13(12)9-17-10-14-11-18-19-7-3-2-4-15(14)19/h2-8,11,17H,9-10H2,1H3. The molecule has 96 valence electrons. The smallest absolute Gasteiger partial charge is 0.0706 e. The molecule has 1 N–H and O–H groups in total. The number of rotatable bonds is 4. The van der Waals surface area contributed by atoms with Gasteiger partial charge in [0.2, 0.25) is 0 Å². The van der Waals surface area contributed by atoms with Crippen molar-refractivity contribution in [2.45, 2.75) is 20.0 Å². The number of aryl methyl sites for hydroxylation is 1. The second kappa shape index (κ2) is 5.20. The first kappa shape index (κ1) is 11.9. The quantitative estimate of drug-likeness (QED) is 0.775. The Labute approximate surface area is 112 Å². The second-order valence-corrected chi connectivity index (χ2v) is 4.61. The molecule has 0 unspecified atom stereocenters. The molecule has 0 aromatic carbocycles. The molecule has 0 fully saturated rings. The Kier molecular flexibility index (Phi) is 3.25. The number of nitrogens with one attached hydrogen (secondary N) is 1. The molecule has 0 saturated carbocycles. The molecule has 4 nitrogen and oxygen atoms in total. The Morgan fingerprint density at radius 1 is 1.11 bits per heavy atom. The monoisotopic (exact) mass is 252 g/mol. The summed E-state index contributed by atoms with van der Waals surface area (Å²) >= 11 is 0. The highest BCUT2D eigenvalue weighted by atomic mass is 15.2. The Morgan fingerprint density at radius 2 is 2.00 bits per heavy atom. The lowest BCUT2D eigenvalue weighted by molar-refractivity contribution is 0.692. The maximum absolute atomic E-state index is 4.33. The zero-order valence-electron chi connectivity index (χ0n) is 10.9. The molecule has 0 aliphatic rings. The zero-order chi connectivity index (χ0) is 13.1. The van der Waals surface area contributed by atoms with E-state index < -0.39 is 0 Å². The number of aromatic nitrogens is 3. The van der Waals surface area contributed by atoms with Gasteiger partial charge in [0.15, 0.2) is 0 Å². The summed E-state index contributed by atoms with van der Waals surface area (Å²) in [6.07, 6.45) is 7.61. The van der Waals surface area contributed by atoms with E-state index in [1.54, 1.807) is 0 Å². The van der Waals surface area contributed by atoms with Crippen LogP contribution in [0.25, 0.3) is 5.52 Å². The van der Waals surface area contributed by atoms with Gasteiger partial charge >= 0.3 is 0 Å². The molecule has 3 aromatic heterocycles. The molecule has 0 aliphatic carbocycles. The minimum atomic E-state index is 0.815.